The van der Waals surface area contributed by atoms with Gasteiger partial charge in [0, 0.05) is 51.4 Å². The molecule has 3 heterocycles. The van der Waals surface area contributed by atoms with E-state index in [0.29, 0.717) is 31.5 Å². The smallest absolute Gasteiger partial charge is 0.309 e. The summed E-state index contributed by atoms with van der Waals surface area (Å²) in [5, 5.41) is 42.5. The number of oxime groups is 1. The lowest BCUT2D eigenvalue weighted by atomic mass is 9.65. The molecule has 0 radical (unpaired) electrons. The molecular weight excluding hydrogens is 592 g/mol. The number of aliphatic hydroxyl groups excluding tert-OH is 2. The molecule has 46 heavy (non-hydrogen) atoms. The van der Waals surface area contributed by atoms with Crippen molar-refractivity contribution < 1.29 is 43.9 Å². The third-order valence-corrected chi connectivity index (χ3v) is 12.1. The number of esters is 1. The van der Waals surface area contributed by atoms with Crippen LogP contribution in [-0.4, -0.2) is 108 Å². The Balaban J connectivity index is 2.14. The van der Waals surface area contributed by atoms with Gasteiger partial charge in [-0.1, -0.05) is 46.7 Å². The van der Waals surface area contributed by atoms with Gasteiger partial charge in [-0.25, -0.2) is 0 Å². The highest BCUT2D eigenvalue weighted by Crippen LogP contribution is 2.46. The Kier molecular flexibility index (Phi) is 13.2. The number of aliphatic hydroxyl groups is 3. The standard InChI is InChI=1S/C35H64N2O9/c1-13-27-35(10,41)30(38)22(5)29(37-46-25-14-15-36-18-25)19(2)16-33(8,42-11)23(6)20(3)28(21(4)32(40)45-27)26-17-34(9,43-12)31(39)24(7)44-26/h19-28,30-31,36,38-39,41H,13-18H2,1-12H3/b37-29+/t19-,20-,21-,22+,23-,24+,25?,26?,27-,28+,30-,31+,33-,34-,35-/m1/s1. The van der Waals surface area contributed by atoms with Gasteiger partial charge in [-0.05, 0) is 58.9 Å². The van der Waals surface area contributed by atoms with Crippen LogP contribution in [0.4, 0.5) is 0 Å². The first-order valence-corrected chi connectivity index (χ1v) is 17.4. The molecule has 11 heteroatoms. The molecule has 4 N–H and O–H groups in total. The summed E-state index contributed by atoms with van der Waals surface area (Å²) in [6.07, 6.45) is -2.10. The minimum Gasteiger partial charge on any atom is -0.459 e. The first kappa shape index (κ1) is 39.1. The van der Waals surface area contributed by atoms with Crippen LogP contribution < -0.4 is 5.32 Å². The van der Waals surface area contributed by atoms with Crippen molar-refractivity contribution in [1.82, 2.24) is 5.32 Å². The SMILES string of the molecule is CC[C@H]1OC(=O)[C@H](C)[C@@H](C2C[C@@](C)(OC)[C@@H](O)[C@H](C)O2)[C@H](C)[C@@H](C)[C@](C)(OC)C[C@@H](C)/C(=N\OC2CCNC2)[C@H](C)[C@@H](O)[C@]1(C)O. The molecule has 15 atom stereocenters. The topological polar surface area (TPSA) is 148 Å². The van der Waals surface area contributed by atoms with Gasteiger partial charge in [-0.15, -0.1) is 0 Å². The van der Waals surface area contributed by atoms with E-state index < -0.39 is 65.1 Å². The molecule has 0 aliphatic carbocycles. The second kappa shape index (κ2) is 15.5. The van der Waals surface area contributed by atoms with Crippen molar-refractivity contribution in [3.05, 3.63) is 0 Å². The van der Waals surface area contributed by atoms with Crippen molar-refractivity contribution in [3.63, 3.8) is 0 Å². The van der Waals surface area contributed by atoms with E-state index >= 15 is 0 Å². The van der Waals surface area contributed by atoms with Crippen LogP contribution in [0.1, 0.15) is 94.9 Å². The maximum atomic E-state index is 14.1. The minimum absolute atomic E-state index is 0.0748. The molecular formula is C35H64N2O9. The Labute approximate surface area is 277 Å². The third-order valence-electron chi connectivity index (χ3n) is 12.1. The van der Waals surface area contributed by atoms with E-state index in [2.05, 4.69) is 38.2 Å². The summed E-state index contributed by atoms with van der Waals surface area (Å²) in [7, 11) is 3.29. The fraction of sp³-hybridized carbons (Fsp3) is 0.943. The van der Waals surface area contributed by atoms with Gasteiger partial charge in [-0.3, -0.25) is 4.79 Å². The predicted octanol–water partition coefficient (Wildman–Crippen LogP) is 3.70. The Hall–Kier alpha value is -1.34. The molecule has 0 aromatic heterocycles. The summed E-state index contributed by atoms with van der Waals surface area (Å²) in [6, 6.07) is 0. The van der Waals surface area contributed by atoms with Gasteiger partial charge in [0.1, 0.15) is 23.9 Å². The maximum Gasteiger partial charge on any atom is 0.309 e. The second-order valence-electron chi connectivity index (χ2n) is 15.2. The summed E-state index contributed by atoms with van der Waals surface area (Å²) < 4.78 is 24.7. The normalized spacial score (nSPS) is 49.4. The zero-order chi connectivity index (χ0) is 34.8. The molecule has 0 amide bonds. The third kappa shape index (κ3) is 7.92. The number of hydrogen-bond acceptors (Lipinski definition) is 11. The largest absolute Gasteiger partial charge is 0.459 e. The van der Waals surface area contributed by atoms with Crippen LogP contribution >= 0.6 is 0 Å². The summed E-state index contributed by atoms with van der Waals surface area (Å²) in [4.78, 5) is 20.1. The lowest BCUT2D eigenvalue weighted by Gasteiger charge is -2.51. The molecule has 0 aromatic rings. The number of carbonyl (C=O) groups is 1. The van der Waals surface area contributed by atoms with E-state index in [1.807, 2.05) is 34.6 Å². The summed E-state index contributed by atoms with van der Waals surface area (Å²) in [5.41, 5.74) is -2.70. The second-order valence-corrected chi connectivity index (χ2v) is 15.2. The minimum atomic E-state index is -1.78. The zero-order valence-electron chi connectivity index (χ0n) is 30.4. The molecule has 3 saturated heterocycles. The average Bonchev–Trinajstić information content (AvgIpc) is 3.54. The van der Waals surface area contributed by atoms with Crippen LogP contribution in [0.3, 0.4) is 0 Å². The molecule has 2 unspecified atom stereocenters. The Morgan fingerprint density at radius 3 is 2.13 bits per heavy atom. The Morgan fingerprint density at radius 2 is 1.59 bits per heavy atom. The molecule has 268 valence electrons. The molecule has 3 aliphatic heterocycles. The number of methoxy groups -OCH3 is 2. The van der Waals surface area contributed by atoms with Crippen molar-refractivity contribution >= 4 is 11.7 Å². The van der Waals surface area contributed by atoms with Gasteiger partial charge in [0.2, 0.25) is 0 Å². The highest BCUT2D eigenvalue weighted by Gasteiger charge is 2.53. The van der Waals surface area contributed by atoms with E-state index in [-0.39, 0.29) is 29.8 Å². The zero-order valence-corrected chi connectivity index (χ0v) is 30.4. The predicted molar refractivity (Wildman–Crippen MR) is 176 cm³/mol. The van der Waals surface area contributed by atoms with Crippen LogP contribution in [-0.2, 0) is 28.6 Å². The van der Waals surface area contributed by atoms with Gasteiger partial charge < -0.3 is 44.4 Å². The van der Waals surface area contributed by atoms with Crippen molar-refractivity contribution in [3.8, 4) is 0 Å². The maximum absolute atomic E-state index is 14.1. The van der Waals surface area contributed by atoms with Gasteiger partial charge in [0.05, 0.1) is 41.1 Å². The van der Waals surface area contributed by atoms with Crippen molar-refractivity contribution in [1.29, 1.82) is 0 Å². The number of ether oxygens (including phenoxy) is 4. The van der Waals surface area contributed by atoms with E-state index in [9.17, 15) is 20.1 Å². The Bertz CT molecular complexity index is 1040. The van der Waals surface area contributed by atoms with E-state index in [1.54, 1.807) is 14.2 Å². The van der Waals surface area contributed by atoms with Gasteiger partial charge in [0.15, 0.2) is 0 Å². The lowest BCUT2D eigenvalue weighted by Crippen LogP contribution is -2.60. The molecule has 3 rings (SSSR count). The highest BCUT2D eigenvalue weighted by atomic mass is 16.6. The van der Waals surface area contributed by atoms with Crippen LogP contribution in [0.2, 0.25) is 0 Å². The first-order valence-electron chi connectivity index (χ1n) is 17.4. The molecule has 0 aromatic carbocycles. The highest BCUT2D eigenvalue weighted by molar-refractivity contribution is 5.88. The van der Waals surface area contributed by atoms with Crippen LogP contribution in [0.25, 0.3) is 0 Å². The number of nitrogens with one attached hydrogen (secondary N) is 1. The quantitative estimate of drug-likeness (QED) is 0.246. The fourth-order valence-corrected chi connectivity index (χ4v) is 8.37. The molecule has 0 spiro atoms. The fourth-order valence-electron chi connectivity index (χ4n) is 8.37. The first-order chi connectivity index (χ1) is 21.4. The van der Waals surface area contributed by atoms with Crippen molar-refractivity contribution in [2.45, 2.75) is 148 Å². The number of nitrogens with zero attached hydrogens (tertiary/aromatic N) is 1. The number of cyclic esters (lactones) is 1. The molecule has 11 nitrogen and oxygen atoms in total. The van der Waals surface area contributed by atoms with Gasteiger partial charge in [0.25, 0.3) is 0 Å². The van der Waals surface area contributed by atoms with Crippen molar-refractivity contribution in [2.24, 2.45) is 40.7 Å². The van der Waals surface area contributed by atoms with Gasteiger partial charge in [-0.2, -0.15) is 0 Å². The number of rotatable bonds is 6. The van der Waals surface area contributed by atoms with Crippen molar-refractivity contribution in [2.75, 3.05) is 27.3 Å². The van der Waals surface area contributed by atoms with E-state index in [0.717, 1.165) is 13.0 Å². The summed E-state index contributed by atoms with van der Waals surface area (Å²) in [5.74, 6) is -2.45. The lowest BCUT2D eigenvalue weighted by molar-refractivity contribution is -0.236. The molecule has 0 saturated carbocycles. The van der Waals surface area contributed by atoms with Crippen LogP contribution in [0.15, 0.2) is 5.16 Å². The average molecular weight is 657 g/mol. The molecule has 3 fully saturated rings. The summed E-state index contributed by atoms with van der Waals surface area (Å²) in [6.45, 7) is 20.7. The van der Waals surface area contributed by atoms with E-state index in [4.69, 9.17) is 23.8 Å². The molecule has 3 aliphatic rings. The Morgan fingerprint density at radius 1 is 0.957 bits per heavy atom. The van der Waals surface area contributed by atoms with Crippen LogP contribution in [0, 0.1) is 35.5 Å². The van der Waals surface area contributed by atoms with E-state index in [1.165, 1.54) is 6.92 Å². The number of hydrogen-bond donors (Lipinski definition) is 4. The van der Waals surface area contributed by atoms with Gasteiger partial charge >= 0.3 is 5.97 Å². The van der Waals surface area contributed by atoms with Crippen LogP contribution in [0.5, 0.6) is 0 Å². The summed E-state index contributed by atoms with van der Waals surface area (Å²) >= 11 is 0. The molecule has 0 bridgehead atoms. The number of carbonyl (C=O) groups excluding carboxylic acids is 1. The monoisotopic (exact) mass is 656 g/mol.